The van der Waals surface area contributed by atoms with E-state index in [0.717, 1.165) is 55.5 Å². The highest BCUT2D eigenvalue weighted by molar-refractivity contribution is 5.77. The number of aromatic amines is 1. The highest BCUT2D eigenvalue weighted by atomic mass is 16.5. The summed E-state index contributed by atoms with van der Waals surface area (Å²) in [5, 5.41) is 60.5. The molecule has 3 fully saturated rings. The molecule has 3 aliphatic carbocycles. The minimum absolute atomic E-state index is 0.0263. The minimum atomic E-state index is -0.653. The van der Waals surface area contributed by atoms with Crippen molar-refractivity contribution in [3.63, 3.8) is 0 Å². The number of amides is 2. The number of imidazole rings is 1. The number of hydrogen-bond acceptors (Lipinski definition) is 9. The van der Waals surface area contributed by atoms with Gasteiger partial charge in [0.2, 0.25) is 11.8 Å². The number of aryl methyl sites for hydroxylation is 2. The van der Waals surface area contributed by atoms with Crippen LogP contribution in [0.25, 0.3) is 0 Å². The molecule has 1 aromatic heterocycles. The van der Waals surface area contributed by atoms with Gasteiger partial charge in [-0.1, -0.05) is 121 Å². The normalized spacial score (nSPS) is 26.0. The van der Waals surface area contributed by atoms with Crippen LogP contribution in [0.15, 0.2) is 146 Å². The van der Waals surface area contributed by atoms with E-state index in [0.29, 0.717) is 70.8 Å². The molecule has 0 bridgehead atoms. The van der Waals surface area contributed by atoms with Crippen molar-refractivity contribution in [2.45, 2.75) is 151 Å². The number of benzene rings is 3. The molecule has 1 heterocycles. The number of rotatable bonds is 29. The molecule has 8 N–H and O–H groups in total. The van der Waals surface area contributed by atoms with Crippen LogP contribution < -0.4 is 15.4 Å². The number of carbonyl (C=O) groups is 2. The van der Waals surface area contributed by atoms with Crippen molar-refractivity contribution in [2.24, 2.45) is 23.7 Å². The molecule has 386 valence electrons. The van der Waals surface area contributed by atoms with E-state index >= 15 is 0 Å². The average Bonchev–Trinajstić information content (AvgIpc) is 3.65. The van der Waals surface area contributed by atoms with Crippen LogP contribution >= 0.6 is 0 Å². The number of aliphatic hydroxyl groups is 5. The van der Waals surface area contributed by atoms with E-state index in [4.69, 9.17) is 4.74 Å². The van der Waals surface area contributed by atoms with Crippen LogP contribution in [0.2, 0.25) is 0 Å². The molecule has 2 amide bonds. The van der Waals surface area contributed by atoms with Crippen molar-refractivity contribution in [1.82, 2.24) is 20.6 Å². The van der Waals surface area contributed by atoms with Crippen LogP contribution in [0.4, 0.5) is 0 Å². The fourth-order valence-corrected chi connectivity index (χ4v) is 10.5. The van der Waals surface area contributed by atoms with Gasteiger partial charge in [-0.25, -0.2) is 4.98 Å². The van der Waals surface area contributed by atoms with Gasteiger partial charge in [0.05, 0.1) is 36.8 Å². The molecular formula is C60H78N4O8. The van der Waals surface area contributed by atoms with Gasteiger partial charge < -0.3 is 45.9 Å². The molecule has 0 aliphatic heterocycles. The van der Waals surface area contributed by atoms with Gasteiger partial charge in [-0.15, -0.1) is 0 Å². The third-order valence-electron chi connectivity index (χ3n) is 14.7. The molecule has 0 radical (unpaired) electrons. The van der Waals surface area contributed by atoms with Crippen molar-refractivity contribution >= 4 is 11.8 Å². The third kappa shape index (κ3) is 17.5. The van der Waals surface area contributed by atoms with Crippen LogP contribution in [0.3, 0.4) is 0 Å². The second-order valence-electron chi connectivity index (χ2n) is 20.2. The summed E-state index contributed by atoms with van der Waals surface area (Å²) in [5.74, 6) is 0.361. The van der Waals surface area contributed by atoms with Gasteiger partial charge in [0.25, 0.3) is 0 Å². The molecule has 7 rings (SSSR count). The Morgan fingerprint density at radius 1 is 0.694 bits per heavy atom. The fourth-order valence-electron chi connectivity index (χ4n) is 10.5. The molecule has 12 atom stereocenters. The number of nitrogens with zero attached hydrogens (tertiary/aromatic N) is 1. The Morgan fingerprint density at radius 3 is 1.94 bits per heavy atom. The number of H-pyrrole nitrogens is 1. The summed E-state index contributed by atoms with van der Waals surface area (Å²) in [5.41, 5.74) is 4.43. The molecule has 3 aliphatic rings. The Morgan fingerprint density at radius 2 is 1.31 bits per heavy atom. The maximum atomic E-state index is 13.0. The van der Waals surface area contributed by atoms with E-state index in [-0.39, 0.29) is 53.5 Å². The molecular weight excluding hydrogens is 905 g/mol. The predicted octanol–water partition coefficient (Wildman–Crippen LogP) is 8.18. The quantitative estimate of drug-likeness (QED) is 0.0196. The van der Waals surface area contributed by atoms with Crippen LogP contribution in [-0.2, 0) is 28.9 Å². The average molecular weight is 983 g/mol. The van der Waals surface area contributed by atoms with Crippen LogP contribution in [0, 0.1) is 23.7 Å². The predicted molar refractivity (Wildman–Crippen MR) is 282 cm³/mol. The summed E-state index contributed by atoms with van der Waals surface area (Å²) >= 11 is 0. The van der Waals surface area contributed by atoms with E-state index in [2.05, 4.69) is 63.1 Å². The van der Waals surface area contributed by atoms with Gasteiger partial charge in [-0.2, -0.15) is 0 Å². The van der Waals surface area contributed by atoms with Gasteiger partial charge in [0.1, 0.15) is 11.9 Å². The summed E-state index contributed by atoms with van der Waals surface area (Å²) in [4.78, 5) is 32.5. The number of unbranched alkanes of at least 4 members (excludes halogenated alkanes) is 2. The van der Waals surface area contributed by atoms with E-state index in [1.165, 1.54) is 11.1 Å². The smallest absolute Gasteiger partial charge is 0.220 e. The van der Waals surface area contributed by atoms with Crippen LogP contribution in [0.5, 0.6) is 5.75 Å². The standard InChI is InChI=1S/C60H78N4O8/c65-46(28-26-42-16-7-5-8-17-42)30-32-50-49(55(67)38-56(50)68)22-11-1-4-14-25-60(71)64-54-37-53(54)44-20-15-21-48(36-44)72-58-39-57(69)51(33-31-47(66)29-27-43-18-9-6-10-19-43)52(58)23-12-2-3-13-24-59(70)62-35-34-45-40-61-41-63-45/h1-2,5-12,15-21,30-33,36,40-41,46-47,49-58,65-69H,3-4,13-14,22-29,34-35,37-39H2,(H,61,63)(H,62,70)(H,64,71)/b11-1-,12-2-,32-30+,33-31+/t46-,47-,49+,50+,51+,52+,53?,54?,55-,56+,57+,58-/m0/s1. The number of carbonyl (C=O) groups excluding carboxylic acids is 2. The van der Waals surface area contributed by atoms with E-state index in [1.54, 1.807) is 18.6 Å². The molecule has 3 saturated carbocycles. The number of allylic oxidation sites excluding steroid dienone is 4. The van der Waals surface area contributed by atoms with Crippen molar-refractivity contribution in [2.75, 3.05) is 6.54 Å². The summed E-state index contributed by atoms with van der Waals surface area (Å²) in [6.07, 6.45) is 25.8. The number of ether oxygens (including phenoxy) is 1. The van der Waals surface area contributed by atoms with Gasteiger partial charge in [-0.05, 0) is 105 Å². The summed E-state index contributed by atoms with van der Waals surface area (Å²) in [6.45, 7) is 0.562. The zero-order valence-corrected chi connectivity index (χ0v) is 41.7. The molecule has 72 heavy (non-hydrogen) atoms. The topological polar surface area (TPSA) is 197 Å². The van der Waals surface area contributed by atoms with E-state index in [1.807, 2.05) is 85.0 Å². The van der Waals surface area contributed by atoms with Crippen molar-refractivity contribution in [3.05, 3.63) is 168 Å². The van der Waals surface area contributed by atoms with Crippen molar-refractivity contribution in [1.29, 1.82) is 0 Å². The minimum Gasteiger partial charge on any atom is -0.490 e. The van der Waals surface area contributed by atoms with Crippen LogP contribution in [-0.4, -0.2) is 96.5 Å². The lowest BCUT2D eigenvalue weighted by molar-refractivity contribution is -0.122. The first-order chi connectivity index (χ1) is 35.1. The zero-order valence-electron chi connectivity index (χ0n) is 41.7. The monoisotopic (exact) mass is 983 g/mol. The Bertz CT molecular complexity index is 2340. The number of aromatic nitrogens is 2. The Balaban J connectivity index is 0.846. The van der Waals surface area contributed by atoms with Gasteiger partial charge in [-0.3, -0.25) is 9.59 Å². The highest BCUT2D eigenvalue weighted by Crippen LogP contribution is 2.43. The van der Waals surface area contributed by atoms with Crippen molar-refractivity contribution in [3.8, 4) is 5.75 Å². The van der Waals surface area contributed by atoms with Gasteiger partial charge >= 0.3 is 0 Å². The summed E-state index contributed by atoms with van der Waals surface area (Å²) in [7, 11) is 0. The van der Waals surface area contributed by atoms with E-state index in [9.17, 15) is 35.1 Å². The summed E-state index contributed by atoms with van der Waals surface area (Å²) in [6, 6.07) is 28.3. The van der Waals surface area contributed by atoms with Crippen molar-refractivity contribution < 1.29 is 39.9 Å². The molecule has 0 saturated heterocycles. The SMILES string of the molecule is O=C(CCC/C=C\C[C@@H]1[C@@H](/C=C/[C@@H](O)CCc2ccccc2)[C@H](O)C[C@@H]1Oc1cccc(C2CC2NC(=O)CCC/C=C\C[C@@H]2[C@@H](/C=C/[C@@H](O)CCc3ccccc3)[C@H](O)C[C@@H]2O)c1)NCCc1cnc[nH]1. The first kappa shape index (κ1) is 54.2. The molecule has 0 spiro atoms. The molecule has 4 aromatic rings. The zero-order chi connectivity index (χ0) is 50.5. The Kier molecular flexibility index (Phi) is 21.5. The largest absolute Gasteiger partial charge is 0.490 e. The summed E-state index contributed by atoms with van der Waals surface area (Å²) < 4.78 is 6.71. The molecule has 12 heteroatoms. The lowest BCUT2D eigenvalue weighted by Gasteiger charge is -2.24. The Hall–Kier alpha value is -5.63. The maximum absolute atomic E-state index is 13.0. The Labute approximate surface area is 426 Å². The fraction of sp³-hybridized carbons (Fsp3) is 0.483. The number of hydrogen-bond donors (Lipinski definition) is 8. The molecule has 3 aromatic carbocycles. The van der Waals surface area contributed by atoms with Gasteiger partial charge in [0.15, 0.2) is 0 Å². The number of aliphatic hydroxyl groups excluding tert-OH is 5. The third-order valence-corrected chi connectivity index (χ3v) is 14.7. The second-order valence-corrected chi connectivity index (χ2v) is 20.2. The maximum Gasteiger partial charge on any atom is 0.220 e. The molecule has 12 nitrogen and oxygen atoms in total. The lowest BCUT2D eigenvalue weighted by Crippen LogP contribution is -2.26. The first-order valence-corrected chi connectivity index (χ1v) is 26.5. The molecule has 2 unspecified atom stereocenters. The first-order valence-electron chi connectivity index (χ1n) is 26.5. The number of nitrogens with one attached hydrogen (secondary N) is 3. The van der Waals surface area contributed by atoms with Crippen LogP contribution in [0.1, 0.15) is 112 Å². The second kappa shape index (κ2) is 28.6. The van der Waals surface area contributed by atoms with Gasteiger partial charge in [0, 0.05) is 80.3 Å². The van der Waals surface area contributed by atoms with E-state index < -0.39 is 30.5 Å². The lowest BCUT2D eigenvalue weighted by atomic mass is 9.89. The highest BCUT2D eigenvalue weighted by Gasteiger charge is 2.43.